The van der Waals surface area contributed by atoms with Crippen LogP contribution in [0.3, 0.4) is 0 Å². The van der Waals surface area contributed by atoms with Gasteiger partial charge in [0.25, 0.3) is 10.0 Å². The van der Waals surface area contributed by atoms with E-state index in [0.717, 1.165) is 9.87 Å². The summed E-state index contributed by atoms with van der Waals surface area (Å²) in [5.41, 5.74) is 2.55. The van der Waals surface area contributed by atoms with Gasteiger partial charge in [0.05, 0.1) is 10.6 Å². The van der Waals surface area contributed by atoms with Gasteiger partial charge in [-0.25, -0.2) is 8.42 Å². The molecule has 2 amide bonds. The Morgan fingerprint density at radius 1 is 0.949 bits per heavy atom. The zero-order valence-corrected chi connectivity index (χ0v) is 24.8. The summed E-state index contributed by atoms with van der Waals surface area (Å²) < 4.78 is 28.9. The van der Waals surface area contributed by atoms with Crippen molar-refractivity contribution in [1.82, 2.24) is 10.2 Å². The van der Waals surface area contributed by atoms with Crippen LogP contribution in [-0.2, 0) is 26.2 Å². The molecular formula is C29H33Cl2N3O4S. The number of likely N-dealkylation sites (N-methyl/N-ethyl adjacent to an activating group) is 1. The lowest BCUT2D eigenvalue weighted by molar-refractivity contribution is -0.140. The summed E-state index contributed by atoms with van der Waals surface area (Å²) in [7, 11) is -4.13. The lowest BCUT2D eigenvalue weighted by Crippen LogP contribution is -2.52. The van der Waals surface area contributed by atoms with E-state index >= 15 is 0 Å². The van der Waals surface area contributed by atoms with Crippen molar-refractivity contribution in [3.05, 3.63) is 93.5 Å². The van der Waals surface area contributed by atoms with E-state index in [-0.39, 0.29) is 17.3 Å². The smallest absolute Gasteiger partial charge is 0.264 e. The van der Waals surface area contributed by atoms with Gasteiger partial charge in [0, 0.05) is 23.1 Å². The van der Waals surface area contributed by atoms with Crippen LogP contribution in [0.1, 0.15) is 37.0 Å². The molecule has 0 radical (unpaired) electrons. The predicted molar refractivity (Wildman–Crippen MR) is 157 cm³/mol. The maximum atomic E-state index is 14.0. The van der Waals surface area contributed by atoms with Crippen LogP contribution in [0.25, 0.3) is 0 Å². The number of nitrogens with one attached hydrogen (secondary N) is 1. The van der Waals surface area contributed by atoms with Crippen LogP contribution in [0.15, 0.2) is 71.6 Å². The van der Waals surface area contributed by atoms with Crippen molar-refractivity contribution < 1.29 is 18.0 Å². The van der Waals surface area contributed by atoms with Crippen LogP contribution in [0.5, 0.6) is 0 Å². The van der Waals surface area contributed by atoms with Crippen molar-refractivity contribution in [2.24, 2.45) is 0 Å². The summed E-state index contributed by atoms with van der Waals surface area (Å²) in [5, 5.41) is 3.56. The molecule has 0 aliphatic rings. The van der Waals surface area contributed by atoms with Crippen LogP contribution >= 0.6 is 23.2 Å². The fourth-order valence-corrected chi connectivity index (χ4v) is 6.19. The van der Waals surface area contributed by atoms with Crippen LogP contribution in [0, 0.1) is 13.8 Å². The Labute approximate surface area is 240 Å². The number of hydrogen-bond acceptors (Lipinski definition) is 4. The van der Waals surface area contributed by atoms with Crippen molar-refractivity contribution in [3.8, 4) is 0 Å². The molecule has 0 spiro atoms. The highest BCUT2D eigenvalue weighted by Crippen LogP contribution is 2.28. The number of para-hydroxylation sites is 1. The number of nitrogens with zero attached hydrogens (tertiary/aromatic N) is 2. The Balaban J connectivity index is 2.09. The summed E-state index contributed by atoms with van der Waals surface area (Å²) >= 11 is 12.5. The van der Waals surface area contributed by atoms with Crippen LogP contribution < -0.4 is 9.62 Å². The third-order valence-corrected chi connectivity index (χ3v) is 8.73. The monoisotopic (exact) mass is 589 g/mol. The van der Waals surface area contributed by atoms with E-state index in [2.05, 4.69) is 5.32 Å². The molecule has 10 heteroatoms. The van der Waals surface area contributed by atoms with Crippen molar-refractivity contribution >= 4 is 50.7 Å². The number of rotatable bonds is 11. The summed E-state index contributed by atoms with van der Waals surface area (Å²) in [6.07, 6.45) is 0.317. The molecule has 1 atom stereocenters. The summed E-state index contributed by atoms with van der Waals surface area (Å²) in [4.78, 5) is 28.5. The van der Waals surface area contributed by atoms with Gasteiger partial charge in [-0.2, -0.15) is 0 Å². The largest absolute Gasteiger partial charge is 0.355 e. The van der Waals surface area contributed by atoms with E-state index in [1.165, 1.54) is 17.0 Å². The molecule has 7 nitrogen and oxygen atoms in total. The van der Waals surface area contributed by atoms with E-state index in [1.54, 1.807) is 75.4 Å². The normalized spacial score (nSPS) is 12.1. The molecule has 3 aromatic carbocycles. The maximum Gasteiger partial charge on any atom is 0.264 e. The highest BCUT2D eigenvalue weighted by molar-refractivity contribution is 7.92. The van der Waals surface area contributed by atoms with Gasteiger partial charge >= 0.3 is 0 Å². The molecule has 3 rings (SSSR count). The molecule has 0 saturated carbocycles. The number of amides is 2. The molecule has 1 N–H and O–H groups in total. The minimum absolute atomic E-state index is 0.00331. The first-order chi connectivity index (χ1) is 18.5. The highest BCUT2D eigenvalue weighted by Gasteiger charge is 2.34. The third kappa shape index (κ3) is 7.32. The average Bonchev–Trinajstić information content (AvgIpc) is 2.89. The summed E-state index contributed by atoms with van der Waals surface area (Å²) in [6, 6.07) is 17.5. The molecule has 0 heterocycles. The highest BCUT2D eigenvalue weighted by atomic mass is 35.5. The molecule has 0 unspecified atom stereocenters. The van der Waals surface area contributed by atoms with E-state index < -0.39 is 28.5 Å². The van der Waals surface area contributed by atoms with Crippen molar-refractivity contribution in [3.63, 3.8) is 0 Å². The van der Waals surface area contributed by atoms with Gasteiger partial charge in [0.15, 0.2) is 0 Å². The van der Waals surface area contributed by atoms with Gasteiger partial charge in [-0.15, -0.1) is 0 Å². The van der Waals surface area contributed by atoms with Gasteiger partial charge in [-0.05, 0) is 68.7 Å². The van der Waals surface area contributed by atoms with Gasteiger partial charge in [0.2, 0.25) is 11.8 Å². The lowest BCUT2D eigenvalue weighted by Gasteiger charge is -2.33. The zero-order valence-electron chi connectivity index (χ0n) is 22.4. The average molecular weight is 591 g/mol. The molecule has 0 fully saturated rings. The zero-order chi connectivity index (χ0) is 28.7. The second-order valence-electron chi connectivity index (χ2n) is 9.19. The first-order valence-corrected chi connectivity index (χ1v) is 14.8. The Morgan fingerprint density at radius 2 is 1.62 bits per heavy atom. The van der Waals surface area contributed by atoms with E-state index in [0.29, 0.717) is 39.8 Å². The number of benzene rings is 3. The summed E-state index contributed by atoms with van der Waals surface area (Å²) in [5.74, 6) is -0.875. The molecule has 0 saturated heterocycles. The number of sulfonamides is 1. The van der Waals surface area contributed by atoms with Gasteiger partial charge in [-0.1, -0.05) is 72.1 Å². The Bertz CT molecular complexity index is 1430. The first kappa shape index (κ1) is 30.5. The van der Waals surface area contributed by atoms with Crippen LogP contribution in [0.4, 0.5) is 5.69 Å². The van der Waals surface area contributed by atoms with Crippen molar-refractivity contribution in [2.45, 2.75) is 51.6 Å². The minimum Gasteiger partial charge on any atom is -0.355 e. The second kappa shape index (κ2) is 13.3. The number of carbonyl (C=O) groups excluding carboxylic acids is 2. The van der Waals surface area contributed by atoms with Crippen LogP contribution in [-0.4, -0.2) is 44.3 Å². The third-order valence-electron chi connectivity index (χ3n) is 6.36. The van der Waals surface area contributed by atoms with Crippen molar-refractivity contribution in [1.29, 1.82) is 0 Å². The number of hydrogen-bond donors (Lipinski definition) is 1. The number of aryl methyl sites for hydroxylation is 2. The second-order valence-corrected chi connectivity index (χ2v) is 11.9. The molecule has 0 aliphatic carbocycles. The quantitative estimate of drug-likeness (QED) is 0.308. The van der Waals surface area contributed by atoms with E-state index in [9.17, 15) is 18.0 Å². The van der Waals surface area contributed by atoms with Gasteiger partial charge < -0.3 is 10.2 Å². The molecule has 3 aromatic rings. The molecule has 0 aliphatic heterocycles. The van der Waals surface area contributed by atoms with Crippen LogP contribution in [0.2, 0.25) is 10.0 Å². The SMILES string of the molecule is CCNC(=O)[C@@H](CC)N(Cc1ccc(Cl)cc1Cl)C(=O)CN(c1ccccc1C)S(=O)(=O)c1ccc(C)cc1. The predicted octanol–water partition coefficient (Wildman–Crippen LogP) is 5.75. The fourth-order valence-electron chi connectivity index (χ4n) is 4.24. The molecule has 0 aromatic heterocycles. The standard InChI is InChI=1S/C29H33Cl2N3O4S/c1-5-26(29(36)32-6-2)33(18-22-13-14-23(30)17-25(22)31)28(35)19-34(27-10-8-7-9-21(27)4)39(37,38)24-15-11-20(3)12-16-24/h7-17,26H,5-6,18-19H2,1-4H3,(H,32,36)/t26-/m1/s1. The Morgan fingerprint density at radius 3 is 2.21 bits per heavy atom. The number of carbonyl (C=O) groups is 2. The molecule has 208 valence electrons. The van der Waals surface area contributed by atoms with Gasteiger partial charge in [0.1, 0.15) is 12.6 Å². The maximum absolute atomic E-state index is 14.0. The molecular weight excluding hydrogens is 557 g/mol. The van der Waals surface area contributed by atoms with Crippen molar-refractivity contribution in [2.75, 3.05) is 17.4 Å². The van der Waals surface area contributed by atoms with Gasteiger partial charge in [-0.3, -0.25) is 13.9 Å². The molecule has 0 bridgehead atoms. The number of halogens is 2. The topological polar surface area (TPSA) is 86.8 Å². The Hall–Kier alpha value is -3.07. The summed E-state index contributed by atoms with van der Waals surface area (Å²) in [6.45, 7) is 7.11. The fraction of sp³-hybridized carbons (Fsp3) is 0.310. The number of anilines is 1. The Kier molecular flexibility index (Phi) is 10.4. The van der Waals surface area contributed by atoms with E-state index in [1.807, 2.05) is 6.92 Å². The minimum atomic E-state index is -4.13. The first-order valence-electron chi connectivity index (χ1n) is 12.7. The molecule has 39 heavy (non-hydrogen) atoms. The van der Waals surface area contributed by atoms with E-state index in [4.69, 9.17) is 23.2 Å². The lowest BCUT2D eigenvalue weighted by atomic mass is 10.1.